The van der Waals surface area contributed by atoms with Gasteiger partial charge in [0.1, 0.15) is 12.4 Å². The van der Waals surface area contributed by atoms with Gasteiger partial charge in [0.2, 0.25) is 11.8 Å². The molecule has 1 saturated heterocycles. The smallest absolute Gasteiger partial charge is 0.232 e. The highest BCUT2D eigenvalue weighted by molar-refractivity contribution is 5.96. The molecule has 1 atom stereocenters. The molecule has 6 nitrogen and oxygen atoms in total. The highest BCUT2D eigenvalue weighted by atomic mass is 19.1. The second-order valence-electron chi connectivity index (χ2n) is 4.84. The lowest BCUT2D eigenvalue weighted by Crippen LogP contribution is -2.25. The third kappa shape index (κ3) is 2.64. The molecule has 1 unspecified atom stereocenters. The number of hydrogen-bond donors (Lipinski definition) is 0. The molecule has 0 N–H and O–H groups in total. The van der Waals surface area contributed by atoms with Crippen molar-refractivity contribution in [2.45, 2.75) is 18.9 Å². The summed E-state index contributed by atoms with van der Waals surface area (Å²) < 4.78 is 23.9. The van der Waals surface area contributed by atoms with Gasteiger partial charge in [-0.15, -0.1) is 0 Å². The van der Waals surface area contributed by atoms with Crippen molar-refractivity contribution in [2.24, 2.45) is 0 Å². The Morgan fingerprint density at radius 1 is 1.48 bits per heavy atom. The van der Waals surface area contributed by atoms with E-state index >= 15 is 0 Å². The third-order valence-corrected chi connectivity index (χ3v) is 3.37. The van der Waals surface area contributed by atoms with E-state index in [1.807, 2.05) is 0 Å². The number of ether oxygens (including phenoxy) is 1. The van der Waals surface area contributed by atoms with Gasteiger partial charge in [0.05, 0.1) is 11.6 Å². The van der Waals surface area contributed by atoms with Gasteiger partial charge >= 0.3 is 0 Å². The SMILES string of the molecule is COCc1noc(C2CC(=O)N(c3ccccc3F)C2)n1. The second-order valence-corrected chi connectivity index (χ2v) is 4.84. The summed E-state index contributed by atoms with van der Waals surface area (Å²) in [6, 6.07) is 6.20. The molecule has 1 fully saturated rings. The summed E-state index contributed by atoms with van der Waals surface area (Å²) >= 11 is 0. The Balaban J connectivity index is 1.79. The summed E-state index contributed by atoms with van der Waals surface area (Å²) in [4.78, 5) is 17.7. The minimum absolute atomic E-state index is 0.156. The Hall–Kier alpha value is -2.28. The van der Waals surface area contributed by atoms with Gasteiger partial charge in [-0.1, -0.05) is 17.3 Å². The summed E-state index contributed by atoms with van der Waals surface area (Å²) in [6.07, 6.45) is 0.225. The molecule has 0 bridgehead atoms. The van der Waals surface area contributed by atoms with E-state index in [2.05, 4.69) is 10.1 Å². The number of benzene rings is 1. The number of rotatable bonds is 4. The van der Waals surface area contributed by atoms with Gasteiger partial charge in [0, 0.05) is 20.1 Å². The van der Waals surface area contributed by atoms with E-state index in [0.29, 0.717) is 18.3 Å². The summed E-state index contributed by atoms with van der Waals surface area (Å²) in [5, 5.41) is 3.78. The average Bonchev–Trinajstić information content (AvgIpc) is 3.07. The number of anilines is 1. The van der Waals surface area contributed by atoms with Crippen LogP contribution in [0.2, 0.25) is 0 Å². The van der Waals surface area contributed by atoms with Crippen molar-refractivity contribution in [1.82, 2.24) is 10.1 Å². The predicted octanol–water partition coefficient (Wildman–Crippen LogP) is 1.88. The molecule has 0 radical (unpaired) electrons. The van der Waals surface area contributed by atoms with E-state index < -0.39 is 5.82 Å². The van der Waals surface area contributed by atoms with Gasteiger partial charge in [0.25, 0.3) is 0 Å². The number of carbonyl (C=O) groups excluding carboxylic acids is 1. The normalized spacial score (nSPS) is 18.5. The molecular weight excluding hydrogens is 277 g/mol. The highest BCUT2D eigenvalue weighted by Gasteiger charge is 2.36. The van der Waals surface area contributed by atoms with Crippen LogP contribution in [0.15, 0.2) is 28.8 Å². The fourth-order valence-corrected chi connectivity index (χ4v) is 2.40. The van der Waals surface area contributed by atoms with Crippen molar-refractivity contribution >= 4 is 11.6 Å². The maximum atomic E-state index is 13.8. The quantitative estimate of drug-likeness (QED) is 0.860. The van der Waals surface area contributed by atoms with Gasteiger partial charge in [-0.3, -0.25) is 4.79 Å². The number of aromatic nitrogens is 2. The van der Waals surface area contributed by atoms with Crippen LogP contribution in [-0.4, -0.2) is 29.7 Å². The number of methoxy groups -OCH3 is 1. The third-order valence-electron chi connectivity index (χ3n) is 3.37. The van der Waals surface area contributed by atoms with Crippen LogP contribution in [0.3, 0.4) is 0 Å². The van der Waals surface area contributed by atoms with Crippen molar-refractivity contribution in [1.29, 1.82) is 0 Å². The first-order valence-electron chi connectivity index (χ1n) is 6.55. The Morgan fingerprint density at radius 3 is 3.05 bits per heavy atom. The summed E-state index contributed by atoms with van der Waals surface area (Å²) in [7, 11) is 1.54. The molecule has 2 aromatic rings. The molecule has 1 aromatic carbocycles. The zero-order valence-electron chi connectivity index (χ0n) is 11.5. The monoisotopic (exact) mass is 291 g/mol. The molecule has 1 aromatic heterocycles. The first kappa shape index (κ1) is 13.7. The Bertz CT molecular complexity index is 658. The maximum absolute atomic E-state index is 13.8. The number of para-hydroxylation sites is 1. The summed E-state index contributed by atoms with van der Waals surface area (Å²) in [5.74, 6) is 0.0161. The van der Waals surface area contributed by atoms with Crippen LogP contribution in [0, 0.1) is 5.82 Å². The standard InChI is InChI=1S/C14H14FN3O3/c1-20-8-12-16-14(21-17-12)9-6-13(19)18(7-9)11-5-3-2-4-10(11)15/h2-5,9H,6-8H2,1H3. The molecule has 0 spiro atoms. The zero-order valence-corrected chi connectivity index (χ0v) is 11.5. The molecule has 21 heavy (non-hydrogen) atoms. The topological polar surface area (TPSA) is 68.5 Å². The van der Waals surface area contributed by atoms with Crippen molar-refractivity contribution in [2.75, 3.05) is 18.6 Å². The van der Waals surface area contributed by atoms with E-state index in [-0.39, 0.29) is 30.5 Å². The van der Waals surface area contributed by atoms with E-state index in [9.17, 15) is 9.18 Å². The number of carbonyl (C=O) groups is 1. The van der Waals surface area contributed by atoms with Gasteiger partial charge in [-0.05, 0) is 12.1 Å². The maximum Gasteiger partial charge on any atom is 0.232 e. The highest BCUT2D eigenvalue weighted by Crippen LogP contribution is 2.32. The first-order chi connectivity index (χ1) is 10.2. The van der Waals surface area contributed by atoms with Crippen molar-refractivity contribution in [3.63, 3.8) is 0 Å². The molecule has 1 amide bonds. The van der Waals surface area contributed by atoms with Crippen molar-refractivity contribution in [3.8, 4) is 0 Å². The lowest BCUT2D eigenvalue weighted by molar-refractivity contribution is -0.117. The first-order valence-corrected chi connectivity index (χ1v) is 6.55. The fourth-order valence-electron chi connectivity index (χ4n) is 2.40. The molecule has 0 saturated carbocycles. The van der Waals surface area contributed by atoms with Crippen LogP contribution in [0.25, 0.3) is 0 Å². The molecule has 110 valence electrons. The number of halogens is 1. The average molecular weight is 291 g/mol. The minimum Gasteiger partial charge on any atom is -0.377 e. The van der Waals surface area contributed by atoms with Crippen molar-refractivity contribution in [3.05, 3.63) is 41.8 Å². The molecule has 3 rings (SSSR count). The molecule has 1 aliphatic rings. The van der Waals surface area contributed by atoms with Crippen LogP contribution >= 0.6 is 0 Å². The molecule has 1 aliphatic heterocycles. The number of nitrogens with zero attached hydrogens (tertiary/aromatic N) is 3. The van der Waals surface area contributed by atoms with Gasteiger partial charge in [0.15, 0.2) is 5.82 Å². The van der Waals surface area contributed by atoms with Crippen LogP contribution < -0.4 is 4.90 Å². The molecule has 0 aliphatic carbocycles. The van der Waals surface area contributed by atoms with Gasteiger partial charge in [-0.2, -0.15) is 4.98 Å². The van der Waals surface area contributed by atoms with E-state index in [4.69, 9.17) is 9.26 Å². The minimum atomic E-state index is -0.419. The Labute approximate surface area is 120 Å². The summed E-state index contributed by atoms with van der Waals surface area (Å²) in [6.45, 7) is 0.579. The molecular formula is C14H14FN3O3. The van der Waals surface area contributed by atoms with Crippen LogP contribution in [0.5, 0.6) is 0 Å². The second kappa shape index (κ2) is 5.61. The van der Waals surface area contributed by atoms with E-state index in [1.165, 1.54) is 18.1 Å². The number of hydrogen-bond acceptors (Lipinski definition) is 5. The van der Waals surface area contributed by atoms with Crippen LogP contribution in [0.4, 0.5) is 10.1 Å². The molecule has 7 heteroatoms. The van der Waals surface area contributed by atoms with E-state index in [0.717, 1.165) is 0 Å². The fraction of sp³-hybridized carbons (Fsp3) is 0.357. The largest absolute Gasteiger partial charge is 0.377 e. The lowest BCUT2D eigenvalue weighted by Gasteiger charge is -2.16. The van der Waals surface area contributed by atoms with Gasteiger partial charge < -0.3 is 14.2 Å². The number of amides is 1. The lowest BCUT2D eigenvalue weighted by atomic mass is 10.1. The molecule has 2 heterocycles. The zero-order chi connectivity index (χ0) is 14.8. The predicted molar refractivity (Wildman–Crippen MR) is 71.1 cm³/mol. The summed E-state index contributed by atoms with van der Waals surface area (Å²) in [5.41, 5.74) is 0.279. The van der Waals surface area contributed by atoms with E-state index in [1.54, 1.807) is 18.2 Å². The Kier molecular flexibility index (Phi) is 3.66. The Morgan fingerprint density at radius 2 is 2.29 bits per heavy atom. The van der Waals surface area contributed by atoms with Crippen molar-refractivity contribution < 1.29 is 18.4 Å². The van der Waals surface area contributed by atoms with Gasteiger partial charge in [-0.25, -0.2) is 4.39 Å². The van der Waals surface area contributed by atoms with Crippen LogP contribution in [-0.2, 0) is 16.1 Å². The van der Waals surface area contributed by atoms with Crippen LogP contribution in [0.1, 0.15) is 24.1 Å².